The fraction of sp³-hybridized carbons (Fsp3) is 0.889. The van der Waals surface area contributed by atoms with E-state index in [9.17, 15) is 4.79 Å². The number of likely N-dealkylation sites (tertiary alicyclic amines) is 1. The normalized spacial score (nSPS) is 33.2. The summed E-state index contributed by atoms with van der Waals surface area (Å²) in [4.78, 5) is 13.2. The van der Waals surface area contributed by atoms with Crippen LogP contribution >= 0.6 is 11.6 Å². The highest BCUT2D eigenvalue weighted by molar-refractivity contribution is 6.27. The zero-order valence-corrected chi connectivity index (χ0v) is 8.29. The monoisotopic (exact) mass is 203 g/mol. The lowest BCUT2D eigenvalue weighted by Crippen LogP contribution is -2.43. The molecule has 4 heteroatoms. The molecule has 0 radical (unpaired) electrons. The minimum Gasteiger partial charge on any atom is -0.381 e. The number of ether oxygens (including phenoxy) is 1. The predicted molar refractivity (Wildman–Crippen MR) is 49.7 cm³/mol. The summed E-state index contributed by atoms with van der Waals surface area (Å²) in [6, 6.07) is 0. The molecule has 0 saturated carbocycles. The summed E-state index contributed by atoms with van der Waals surface area (Å²) >= 11 is 5.51. The van der Waals surface area contributed by atoms with E-state index >= 15 is 0 Å². The van der Waals surface area contributed by atoms with Crippen molar-refractivity contribution in [2.24, 2.45) is 11.8 Å². The van der Waals surface area contributed by atoms with Gasteiger partial charge in [-0.3, -0.25) is 4.79 Å². The molecule has 13 heavy (non-hydrogen) atoms. The molecule has 2 rings (SSSR count). The first kappa shape index (κ1) is 9.28. The molecule has 74 valence electrons. The lowest BCUT2D eigenvalue weighted by molar-refractivity contribution is -0.130. The number of amides is 1. The Kier molecular flexibility index (Phi) is 2.74. The van der Waals surface area contributed by atoms with Crippen molar-refractivity contribution in [3.8, 4) is 0 Å². The molecule has 0 aromatic carbocycles. The summed E-state index contributed by atoms with van der Waals surface area (Å²) in [6.45, 7) is 3.40. The maximum Gasteiger partial charge on any atom is 0.237 e. The minimum atomic E-state index is 0.0621. The number of rotatable bonds is 1. The SMILES string of the molecule is O=C(CCl)N1CC[C@H]2COC[C@@H]2C1. The first-order valence-corrected chi connectivity index (χ1v) is 5.26. The summed E-state index contributed by atoms with van der Waals surface area (Å²) in [5, 5.41) is 0. The van der Waals surface area contributed by atoms with E-state index < -0.39 is 0 Å². The average molecular weight is 204 g/mol. The molecule has 0 N–H and O–H groups in total. The van der Waals surface area contributed by atoms with Crippen LogP contribution < -0.4 is 0 Å². The van der Waals surface area contributed by atoms with Crippen LogP contribution in [0.1, 0.15) is 6.42 Å². The Morgan fingerprint density at radius 1 is 1.46 bits per heavy atom. The van der Waals surface area contributed by atoms with E-state index in [0.717, 1.165) is 32.7 Å². The van der Waals surface area contributed by atoms with Gasteiger partial charge in [-0.05, 0) is 12.3 Å². The molecular formula is C9H14ClNO2. The quantitative estimate of drug-likeness (QED) is 0.588. The number of carbonyl (C=O) groups excluding carboxylic acids is 1. The maximum absolute atomic E-state index is 11.3. The molecule has 2 aliphatic rings. The molecule has 0 bridgehead atoms. The Hall–Kier alpha value is -0.280. The second-order valence-corrected chi connectivity index (χ2v) is 4.09. The van der Waals surface area contributed by atoms with Crippen LogP contribution in [0, 0.1) is 11.8 Å². The maximum atomic E-state index is 11.3. The number of fused-ring (bicyclic) bond motifs is 1. The van der Waals surface area contributed by atoms with Crippen molar-refractivity contribution < 1.29 is 9.53 Å². The van der Waals surface area contributed by atoms with Gasteiger partial charge in [0.15, 0.2) is 0 Å². The molecule has 3 nitrogen and oxygen atoms in total. The van der Waals surface area contributed by atoms with E-state index in [1.54, 1.807) is 0 Å². The Labute approximate surface area is 83.0 Å². The first-order valence-electron chi connectivity index (χ1n) is 4.72. The third kappa shape index (κ3) is 1.81. The number of piperidine rings is 1. The van der Waals surface area contributed by atoms with Gasteiger partial charge >= 0.3 is 0 Å². The number of hydrogen-bond donors (Lipinski definition) is 0. The molecule has 1 amide bonds. The van der Waals surface area contributed by atoms with Crippen molar-refractivity contribution in [1.82, 2.24) is 4.90 Å². The summed E-state index contributed by atoms with van der Waals surface area (Å²) in [5.74, 6) is 1.41. The molecule has 0 spiro atoms. The predicted octanol–water partition coefficient (Wildman–Crippen LogP) is 0.720. The van der Waals surface area contributed by atoms with Crippen LogP contribution in [0.25, 0.3) is 0 Å². The van der Waals surface area contributed by atoms with Gasteiger partial charge in [0.25, 0.3) is 0 Å². The van der Waals surface area contributed by atoms with Crippen LogP contribution in [0.5, 0.6) is 0 Å². The van der Waals surface area contributed by atoms with E-state index in [1.807, 2.05) is 4.90 Å². The van der Waals surface area contributed by atoms with Gasteiger partial charge in [0, 0.05) is 25.6 Å². The lowest BCUT2D eigenvalue weighted by Gasteiger charge is -2.33. The molecule has 2 heterocycles. The summed E-state index contributed by atoms with van der Waals surface area (Å²) in [6.07, 6.45) is 1.08. The minimum absolute atomic E-state index is 0.0621. The van der Waals surface area contributed by atoms with Crippen LogP contribution in [0.2, 0.25) is 0 Å². The largest absolute Gasteiger partial charge is 0.381 e. The van der Waals surface area contributed by atoms with Gasteiger partial charge < -0.3 is 9.64 Å². The van der Waals surface area contributed by atoms with Crippen LogP contribution in [0.15, 0.2) is 0 Å². The highest BCUT2D eigenvalue weighted by Crippen LogP contribution is 2.29. The zero-order valence-electron chi connectivity index (χ0n) is 7.54. The third-order valence-electron chi connectivity index (χ3n) is 3.02. The second kappa shape index (κ2) is 3.84. The van der Waals surface area contributed by atoms with Crippen LogP contribution in [-0.4, -0.2) is 43.0 Å². The summed E-state index contributed by atoms with van der Waals surface area (Å²) in [7, 11) is 0. The van der Waals surface area contributed by atoms with Crippen molar-refractivity contribution in [1.29, 1.82) is 0 Å². The van der Waals surface area contributed by atoms with Crippen molar-refractivity contribution >= 4 is 17.5 Å². The van der Waals surface area contributed by atoms with Gasteiger partial charge in [-0.1, -0.05) is 0 Å². The Morgan fingerprint density at radius 3 is 3.00 bits per heavy atom. The standard InChI is InChI=1S/C9H14ClNO2/c10-3-9(12)11-2-1-7-5-13-6-8(7)4-11/h7-8H,1-6H2/t7-,8-/m0/s1. The van der Waals surface area contributed by atoms with Crippen molar-refractivity contribution in [3.63, 3.8) is 0 Å². The first-order chi connectivity index (χ1) is 6.31. The molecule has 2 atom stereocenters. The number of carbonyl (C=O) groups is 1. The second-order valence-electron chi connectivity index (χ2n) is 3.82. The van der Waals surface area contributed by atoms with Crippen LogP contribution in [0.3, 0.4) is 0 Å². The number of alkyl halides is 1. The fourth-order valence-corrected chi connectivity index (χ4v) is 2.34. The van der Waals surface area contributed by atoms with Gasteiger partial charge in [0.2, 0.25) is 5.91 Å². The Morgan fingerprint density at radius 2 is 2.23 bits per heavy atom. The number of halogens is 1. The van der Waals surface area contributed by atoms with Crippen LogP contribution in [0.4, 0.5) is 0 Å². The Balaban J connectivity index is 1.93. The Bertz CT molecular complexity index is 210. The molecule has 0 aromatic rings. The highest BCUT2D eigenvalue weighted by Gasteiger charge is 2.34. The van der Waals surface area contributed by atoms with E-state index in [0.29, 0.717) is 11.8 Å². The third-order valence-corrected chi connectivity index (χ3v) is 3.25. The summed E-state index contributed by atoms with van der Waals surface area (Å²) in [5.41, 5.74) is 0. The van der Waals surface area contributed by atoms with Gasteiger partial charge in [0.1, 0.15) is 5.88 Å². The van der Waals surface area contributed by atoms with Gasteiger partial charge in [0.05, 0.1) is 6.61 Å². The van der Waals surface area contributed by atoms with Gasteiger partial charge in [-0.25, -0.2) is 0 Å². The van der Waals surface area contributed by atoms with E-state index in [4.69, 9.17) is 16.3 Å². The van der Waals surface area contributed by atoms with Crippen molar-refractivity contribution in [3.05, 3.63) is 0 Å². The zero-order chi connectivity index (χ0) is 9.26. The van der Waals surface area contributed by atoms with Crippen LogP contribution in [-0.2, 0) is 9.53 Å². The van der Waals surface area contributed by atoms with Gasteiger partial charge in [-0.2, -0.15) is 0 Å². The molecular weight excluding hydrogens is 190 g/mol. The average Bonchev–Trinajstić information content (AvgIpc) is 2.63. The van der Waals surface area contributed by atoms with E-state index in [2.05, 4.69) is 0 Å². The van der Waals surface area contributed by atoms with E-state index in [-0.39, 0.29) is 11.8 Å². The molecule has 0 aromatic heterocycles. The molecule has 0 aliphatic carbocycles. The highest BCUT2D eigenvalue weighted by atomic mass is 35.5. The molecule has 2 aliphatic heterocycles. The molecule has 2 saturated heterocycles. The molecule has 2 fully saturated rings. The van der Waals surface area contributed by atoms with Gasteiger partial charge in [-0.15, -0.1) is 11.6 Å². The number of nitrogens with zero attached hydrogens (tertiary/aromatic N) is 1. The molecule has 0 unspecified atom stereocenters. The van der Waals surface area contributed by atoms with Crippen molar-refractivity contribution in [2.75, 3.05) is 32.2 Å². The topological polar surface area (TPSA) is 29.5 Å². The lowest BCUT2D eigenvalue weighted by atomic mass is 9.89. The number of hydrogen-bond acceptors (Lipinski definition) is 2. The fourth-order valence-electron chi connectivity index (χ4n) is 2.17. The smallest absolute Gasteiger partial charge is 0.237 e. The van der Waals surface area contributed by atoms with Crippen molar-refractivity contribution in [2.45, 2.75) is 6.42 Å². The van der Waals surface area contributed by atoms with E-state index in [1.165, 1.54) is 0 Å². The summed E-state index contributed by atoms with van der Waals surface area (Å²) < 4.78 is 5.38.